The fraction of sp³-hybridized carbons (Fsp3) is 0.458. The third-order valence-corrected chi connectivity index (χ3v) is 5.37. The summed E-state index contributed by atoms with van der Waals surface area (Å²) >= 11 is 0. The predicted octanol–water partition coefficient (Wildman–Crippen LogP) is 4.39. The lowest BCUT2D eigenvalue weighted by Gasteiger charge is -2.22. The van der Waals surface area contributed by atoms with E-state index in [-0.39, 0.29) is 18.5 Å². The lowest BCUT2D eigenvalue weighted by Crippen LogP contribution is -2.38. The van der Waals surface area contributed by atoms with Crippen molar-refractivity contribution in [3.63, 3.8) is 0 Å². The van der Waals surface area contributed by atoms with Crippen molar-refractivity contribution >= 4 is 11.6 Å². The Kier molecular flexibility index (Phi) is 8.08. The molecule has 1 unspecified atom stereocenters. The number of benzene rings is 2. The van der Waals surface area contributed by atoms with Crippen LogP contribution >= 0.6 is 0 Å². The van der Waals surface area contributed by atoms with Crippen LogP contribution in [0.3, 0.4) is 0 Å². The number of hydrogen-bond acceptors (Lipinski definition) is 3. The summed E-state index contributed by atoms with van der Waals surface area (Å²) in [6, 6.07) is 13.9. The maximum absolute atomic E-state index is 13.8. The summed E-state index contributed by atoms with van der Waals surface area (Å²) in [5, 5.41) is 6.80. The van der Waals surface area contributed by atoms with Crippen LogP contribution in [0.15, 0.2) is 47.5 Å². The van der Waals surface area contributed by atoms with Gasteiger partial charge in [-0.25, -0.2) is 9.38 Å². The lowest BCUT2D eigenvalue weighted by molar-refractivity contribution is 0.181. The molecule has 0 spiro atoms. The van der Waals surface area contributed by atoms with Gasteiger partial charge in [0.05, 0.1) is 19.2 Å². The number of aliphatic imine (C=N–C) groups is 1. The minimum atomic E-state index is -0.249. The van der Waals surface area contributed by atoms with E-state index in [1.165, 1.54) is 30.2 Å². The molecule has 0 aromatic heterocycles. The van der Waals surface area contributed by atoms with Crippen molar-refractivity contribution in [3.05, 3.63) is 65.0 Å². The van der Waals surface area contributed by atoms with Crippen LogP contribution in [0.1, 0.15) is 49.4 Å². The molecular weight excluding hydrogens is 379 g/mol. The van der Waals surface area contributed by atoms with Crippen LogP contribution in [-0.4, -0.2) is 32.7 Å². The van der Waals surface area contributed by atoms with Crippen LogP contribution in [0.5, 0.6) is 0 Å². The Labute approximate surface area is 179 Å². The molecule has 0 radical (unpaired) electrons. The SMILES string of the molecule is CCNC(=NCc1ccc(F)c(COC)c1)NC(C)c1cccc(N2CCCC2)c1. The molecule has 3 rings (SSSR count). The van der Waals surface area contributed by atoms with Crippen LogP contribution in [0.2, 0.25) is 0 Å². The van der Waals surface area contributed by atoms with E-state index in [0.29, 0.717) is 12.1 Å². The largest absolute Gasteiger partial charge is 0.380 e. The van der Waals surface area contributed by atoms with Gasteiger partial charge in [-0.2, -0.15) is 0 Å². The highest BCUT2D eigenvalue weighted by Gasteiger charge is 2.14. The standard InChI is InChI=1S/C24H33FN4O/c1-4-26-24(27-16-19-10-11-23(25)21(14-19)17-30-3)28-18(2)20-8-7-9-22(15-20)29-12-5-6-13-29/h7-11,14-15,18H,4-6,12-13,16-17H2,1-3H3,(H2,26,27,28). The van der Waals surface area contributed by atoms with Gasteiger partial charge in [-0.05, 0) is 62.1 Å². The van der Waals surface area contributed by atoms with E-state index in [1.54, 1.807) is 13.2 Å². The van der Waals surface area contributed by atoms with Crippen molar-refractivity contribution in [3.8, 4) is 0 Å². The molecule has 5 nitrogen and oxygen atoms in total. The monoisotopic (exact) mass is 412 g/mol. The third kappa shape index (κ3) is 5.95. The number of methoxy groups -OCH3 is 1. The average Bonchev–Trinajstić information content (AvgIpc) is 3.29. The van der Waals surface area contributed by atoms with E-state index in [2.05, 4.69) is 46.7 Å². The summed E-state index contributed by atoms with van der Waals surface area (Å²) in [7, 11) is 1.57. The summed E-state index contributed by atoms with van der Waals surface area (Å²) in [6.45, 7) is 7.95. The van der Waals surface area contributed by atoms with Gasteiger partial charge in [-0.1, -0.05) is 18.2 Å². The molecule has 162 valence electrons. The summed E-state index contributed by atoms with van der Waals surface area (Å²) in [5.74, 6) is 0.496. The minimum absolute atomic E-state index is 0.114. The van der Waals surface area contributed by atoms with Gasteiger partial charge < -0.3 is 20.3 Å². The Morgan fingerprint density at radius 1 is 1.20 bits per heavy atom. The summed E-state index contributed by atoms with van der Waals surface area (Å²) < 4.78 is 18.9. The molecule has 2 aromatic carbocycles. The van der Waals surface area contributed by atoms with Gasteiger partial charge in [0.2, 0.25) is 0 Å². The van der Waals surface area contributed by atoms with E-state index < -0.39 is 0 Å². The van der Waals surface area contributed by atoms with E-state index in [0.717, 1.165) is 31.2 Å². The van der Waals surface area contributed by atoms with Crippen LogP contribution in [-0.2, 0) is 17.9 Å². The lowest BCUT2D eigenvalue weighted by atomic mass is 10.1. The zero-order chi connectivity index (χ0) is 21.3. The number of guanidine groups is 1. The number of rotatable bonds is 8. The van der Waals surface area contributed by atoms with Crippen LogP contribution < -0.4 is 15.5 Å². The Bertz CT molecular complexity index is 849. The number of hydrogen-bond donors (Lipinski definition) is 2. The molecule has 1 aliphatic rings. The van der Waals surface area contributed by atoms with Crippen molar-refractivity contribution in [2.24, 2.45) is 4.99 Å². The Hall–Kier alpha value is -2.60. The second kappa shape index (κ2) is 11.0. The van der Waals surface area contributed by atoms with Crippen molar-refractivity contribution in [1.82, 2.24) is 10.6 Å². The summed E-state index contributed by atoms with van der Waals surface area (Å²) in [5.41, 5.74) is 4.02. The van der Waals surface area contributed by atoms with Gasteiger partial charge in [0.25, 0.3) is 0 Å². The van der Waals surface area contributed by atoms with Gasteiger partial charge in [0, 0.05) is 38.0 Å². The Morgan fingerprint density at radius 2 is 2.00 bits per heavy atom. The second-order valence-corrected chi connectivity index (χ2v) is 7.71. The van der Waals surface area contributed by atoms with Gasteiger partial charge in [0.1, 0.15) is 5.82 Å². The van der Waals surface area contributed by atoms with Gasteiger partial charge in [-0.3, -0.25) is 0 Å². The molecule has 1 saturated heterocycles. The van der Waals surface area contributed by atoms with Crippen molar-refractivity contribution in [2.45, 2.75) is 45.9 Å². The quantitative estimate of drug-likeness (QED) is 0.499. The molecule has 0 bridgehead atoms. The fourth-order valence-electron chi connectivity index (χ4n) is 3.74. The maximum Gasteiger partial charge on any atom is 0.192 e. The number of nitrogens with one attached hydrogen (secondary N) is 2. The molecule has 1 fully saturated rings. The summed E-state index contributed by atoms with van der Waals surface area (Å²) in [6.07, 6.45) is 2.54. The first-order valence-electron chi connectivity index (χ1n) is 10.8. The topological polar surface area (TPSA) is 48.9 Å². The zero-order valence-corrected chi connectivity index (χ0v) is 18.2. The van der Waals surface area contributed by atoms with Gasteiger partial charge in [-0.15, -0.1) is 0 Å². The van der Waals surface area contributed by atoms with Crippen LogP contribution in [0.25, 0.3) is 0 Å². The molecular formula is C24H33FN4O. The van der Waals surface area contributed by atoms with E-state index in [1.807, 2.05) is 13.0 Å². The highest BCUT2D eigenvalue weighted by Crippen LogP contribution is 2.24. The molecule has 30 heavy (non-hydrogen) atoms. The molecule has 1 aliphatic heterocycles. The first-order chi connectivity index (χ1) is 14.6. The van der Waals surface area contributed by atoms with Crippen LogP contribution in [0.4, 0.5) is 10.1 Å². The number of halogens is 1. The Morgan fingerprint density at radius 3 is 2.73 bits per heavy atom. The molecule has 6 heteroatoms. The third-order valence-electron chi connectivity index (χ3n) is 5.37. The highest BCUT2D eigenvalue weighted by molar-refractivity contribution is 5.80. The molecule has 1 heterocycles. The molecule has 0 aliphatic carbocycles. The van der Waals surface area contributed by atoms with Crippen LogP contribution in [0, 0.1) is 5.82 Å². The summed E-state index contributed by atoms with van der Waals surface area (Å²) in [4.78, 5) is 7.15. The first kappa shape index (κ1) is 22.1. The first-order valence-corrected chi connectivity index (χ1v) is 10.8. The highest BCUT2D eigenvalue weighted by atomic mass is 19.1. The molecule has 0 amide bonds. The number of nitrogens with zero attached hydrogens (tertiary/aromatic N) is 2. The molecule has 2 N–H and O–H groups in total. The normalized spacial score (nSPS) is 15.3. The van der Waals surface area contributed by atoms with E-state index in [4.69, 9.17) is 9.73 Å². The minimum Gasteiger partial charge on any atom is -0.380 e. The Balaban J connectivity index is 1.69. The van der Waals surface area contributed by atoms with Crippen molar-refractivity contribution < 1.29 is 9.13 Å². The van der Waals surface area contributed by atoms with E-state index >= 15 is 0 Å². The number of ether oxygens (including phenoxy) is 1. The maximum atomic E-state index is 13.8. The predicted molar refractivity (Wildman–Crippen MR) is 121 cm³/mol. The average molecular weight is 413 g/mol. The van der Waals surface area contributed by atoms with Gasteiger partial charge in [0.15, 0.2) is 5.96 Å². The molecule has 1 atom stereocenters. The molecule has 0 saturated carbocycles. The van der Waals surface area contributed by atoms with Crippen molar-refractivity contribution in [2.75, 3.05) is 31.6 Å². The van der Waals surface area contributed by atoms with Crippen molar-refractivity contribution in [1.29, 1.82) is 0 Å². The smallest absolute Gasteiger partial charge is 0.192 e. The van der Waals surface area contributed by atoms with Gasteiger partial charge >= 0.3 is 0 Å². The fourth-order valence-corrected chi connectivity index (χ4v) is 3.74. The van der Waals surface area contributed by atoms with E-state index in [9.17, 15) is 4.39 Å². The number of anilines is 1. The second-order valence-electron chi connectivity index (χ2n) is 7.71. The molecule has 2 aromatic rings. The zero-order valence-electron chi connectivity index (χ0n) is 18.2.